The topological polar surface area (TPSA) is 34.4 Å². The molecule has 0 radical (unpaired) electrons. The highest BCUT2D eigenvalue weighted by Crippen LogP contribution is 2.41. The lowest BCUT2D eigenvalue weighted by Gasteiger charge is -2.07. The predicted molar refractivity (Wildman–Crippen MR) is 98.1 cm³/mol. The van der Waals surface area contributed by atoms with Gasteiger partial charge in [0.05, 0.1) is 34.4 Å². The Balaban J connectivity index is 2.28. The van der Waals surface area contributed by atoms with Gasteiger partial charge in [-0.1, -0.05) is 0 Å². The van der Waals surface area contributed by atoms with Gasteiger partial charge in [0, 0.05) is 35.0 Å². The lowest BCUT2D eigenvalue weighted by molar-refractivity contribution is 0.182. The van der Waals surface area contributed by atoms with Crippen molar-refractivity contribution in [3.8, 4) is 21.1 Å². The second kappa shape index (κ2) is 6.61. The summed E-state index contributed by atoms with van der Waals surface area (Å²) in [4.78, 5) is 4.95. The highest BCUT2D eigenvalue weighted by Gasteiger charge is 2.24. The van der Waals surface area contributed by atoms with Crippen LogP contribution >= 0.6 is 22.7 Å². The van der Waals surface area contributed by atoms with E-state index in [1.54, 1.807) is 29.8 Å². The van der Waals surface area contributed by atoms with Crippen molar-refractivity contribution in [1.82, 2.24) is 4.57 Å². The van der Waals surface area contributed by atoms with Gasteiger partial charge in [0.2, 0.25) is 0 Å². The second-order valence-electron chi connectivity index (χ2n) is 5.63. The van der Waals surface area contributed by atoms with Crippen LogP contribution in [0.2, 0.25) is 0 Å². The number of aliphatic hydroxyl groups excluding tert-OH is 1. The van der Waals surface area contributed by atoms with E-state index in [1.807, 2.05) is 0 Å². The van der Waals surface area contributed by atoms with Crippen LogP contribution in [0.15, 0.2) is 24.3 Å². The minimum absolute atomic E-state index is 0.0170. The van der Waals surface area contributed by atoms with Gasteiger partial charge in [0.15, 0.2) is 0 Å². The molecule has 23 heavy (non-hydrogen) atoms. The van der Waals surface area contributed by atoms with E-state index in [4.69, 9.17) is 4.74 Å². The van der Waals surface area contributed by atoms with Gasteiger partial charge in [0.25, 0.3) is 0 Å². The van der Waals surface area contributed by atoms with E-state index >= 15 is 0 Å². The van der Waals surface area contributed by atoms with Crippen LogP contribution in [0.1, 0.15) is 20.9 Å². The molecule has 3 heterocycles. The van der Waals surface area contributed by atoms with E-state index in [2.05, 4.69) is 49.7 Å². The smallest absolute Gasteiger partial charge is 0.0738 e. The van der Waals surface area contributed by atoms with Crippen molar-refractivity contribution in [3.63, 3.8) is 0 Å². The Bertz CT molecular complexity index is 826. The van der Waals surface area contributed by atoms with Crippen LogP contribution in [0.3, 0.4) is 0 Å². The first-order chi connectivity index (χ1) is 11.1. The highest BCUT2D eigenvalue weighted by atomic mass is 32.1. The molecule has 0 atom stereocenters. The molecule has 3 aromatic heterocycles. The van der Waals surface area contributed by atoms with Crippen LogP contribution in [-0.4, -0.2) is 16.8 Å². The molecule has 0 aromatic carbocycles. The Kier molecular flexibility index (Phi) is 4.73. The van der Waals surface area contributed by atoms with Crippen molar-refractivity contribution < 1.29 is 9.84 Å². The molecule has 0 aliphatic carbocycles. The van der Waals surface area contributed by atoms with Gasteiger partial charge < -0.3 is 14.4 Å². The Hall–Kier alpha value is -1.40. The fourth-order valence-corrected chi connectivity index (χ4v) is 4.98. The number of aromatic nitrogens is 1. The fraction of sp³-hybridized carbons (Fsp3) is 0.333. The van der Waals surface area contributed by atoms with E-state index < -0.39 is 0 Å². The SMILES string of the molecule is COCc1c(CO)c(-c2ccc(C)s2)n(C)c1-c1ccc(C)s1. The number of thiophene rings is 2. The van der Waals surface area contributed by atoms with Crippen molar-refractivity contribution in [2.24, 2.45) is 7.05 Å². The Morgan fingerprint density at radius 2 is 1.48 bits per heavy atom. The van der Waals surface area contributed by atoms with Gasteiger partial charge >= 0.3 is 0 Å². The molecule has 3 aromatic rings. The van der Waals surface area contributed by atoms with Crippen LogP contribution < -0.4 is 0 Å². The summed E-state index contributed by atoms with van der Waals surface area (Å²) in [5, 5.41) is 10.0. The highest BCUT2D eigenvalue weighted by molar-refractivity contribution is 7.15. The van der Waals surface area contributed by atoms with Gasteiger partial charge in [-0.15, -0.1) is 22.7 Å². The number of hydrogen-bond donors (Lipinski definition) is 1. The maximum Gasteiger partial charge on any atom is 0.0738 e. The van der Waals surface area contributed by atoms with E-state index in [1.165, 1.54) is 19.5 Å². The summed E-state index contributed by atoms with van der Waals surface area (Å²) in [6.07, 6.45) is 0. The summed E-state index contributed by atoms with van der Waals surface area (Å²) in [6, 6.07) is 8.55. The lowest BCUT2D eigenvalue weighted by Crippen LogP contribution is -1.95. The quantitative estimate of drug-likeness (QED) is 0.723. The van der Waals surface area contributed by atoms with Gasteiger partial charge in [-0.3, -0.25) is 0 Å². The fourth-order valence-electron chi connectivity index (χ4n) is 3.02. The predicted octanol–water partition coefficient (Wildman–Crippen LogP) is 4.74. The molecule has 1 N–H and O–H groups in total. The molecule has 0 fully saturated rings. The van der Waals surface area contributed by atoms with Crippen LogP contribution in [0.25, 0.3) is 21.1 Å². The zero-order valence-corrected chi connectivity index (χ0v) is 15.5. The molecule has 0 saturated heterocycles. The molecular weight excluding hydrogens is 326 g/mol. The number of aliphatic hydroxyl groups is 1. The lowest BCUT2D eigenvalue weighted by atomic mass is 10.1. The Morgan fingerprint density at radius 3 is 1.87 bits per heavy atom. The van der Waals surface area contributed by atoms with Crippen molar-refractivity contribution in [2.75, 3.05) is 7.11 Å². The number of nitrogens with zero attached hydrogens (tertiary/aromatic N) is 1. The first-order valence-corrected chi connectivity index (χ1v) is 9.14. The summed E-state index contributed by atoms with van der Waals surface area (Å²) >= 11 is 3.53. The van der Waals surface area contributed by atoms with Crippen molar-refractivity contribution in [1.29, 1.82) is 0 Å². The maximum absolute atomic E-state index is 10.0. The number of ether oxygens (including phenoxy) is 1. The number of rotatable bonds is 5. The average Bonchev–Trinajstić information content (AvgIpc) is 3.18. The molecule has 122 valence electrons. The standard InChI is InChI=1S/C18H21NO2S2/c1-11-5-7-15(22-11)17-13(9-20)14(10-21-4)18(19(17)3)16-8-6-12(2)23-16/h5-8,20H,9-10H2,1-4H3. The largest absolute Gasteiger partial charge is 0.392 e. The molecule has 0 saturated carbocycles. The van der Waals surface area contributed by atoms with Crippen LogP contribution in [0, 0.1) is 13.8 Å². The molecule has 0 aliphatic rings. The van der Waals surface area contributed by atoms with Crippen molar-refractivity contribution >= 4 is 22.7 Å². The van der Waals surface area contributed by atoms with Crippen LogP contribution in [0.4, 0.5) is 0 Å². The minimum Gasteiger partial charge on any atom is -0.392 e. The summed E-state index contributed by atoms with van der Waals surface area (Å²) in [6.45, 7) is 4.74. The molecule has 0 bridgehead atoms. The molecule has 0 aliphatic heterocycles. The molecule has 3 rings (SSSR count). The zero-order valence-electron chi connectivity index (χ0n) is 13.8. The first kappa shape index (κ1) is 16.5. The maximum atomic E-state index is 10.0. The van der Waals surface area contributed by atoms with Crippen LogP contribution in [0.5, 0.6) is 0 Å². The van der Waals surface area contributed by atoms with Gasteiger partial charge in [-0.05, 0) is 38.1 Å². The van der Waals surface area contributed by atoms with E-state index in [0.717, 1.165) is 22.5 Å². The Morgan fingerprint density at radius 1 is 0.957 bits per heavy atom. The third kappa shape index (κ3) is 2.90. The number of aryl methyl sites for hydroxylation is 2. The van der Waals surface area contributed by atoms with E-state index in [9.17, 15) is 5.11 Å². The normalized spacial score (nSPS) is 11.3. The van der Waals surface area contributed by atoms with Crippen molar-refractivity contribution in [2.45, 2.75) is 27.1 Å². The molecule has 5 heteroatoms. The second-order valence-corrected chi connectivity index (χ2v) is 8.20. The summed E-state index contributed by atoms with van der Waals surface area (Å²) < 4.78 is 7.64. The van der Waals surface area contributed by atoms with Crippen LogP contribution in [-0.2, 0) is 25.0 Å². The number of methoxy groups -OCH3 is 1. The van der Waals surface area contributed by atoms with Gasteiger partial charge in [-0.25, -0.2) is 0 Å². The number of hydrogen-bond acceptors (Lipinski definition) is 4. The molecular formula is C18H21NO2S2. The minimum atomic E-state index is 0.0170. The summed E-state index contributed by atoms with van der Waals surface area (Å²) in [5.74, 6) is 0. The monoisotopic (exact) mass is 347 g/mol. The molecule has 0 amide bonds. The third-order valence-electron chi connectivity index (χ3n) is 4.00. The first-order valence-electron chi connectivity index (χ1n) is 7.50. The zero-order chi connectivity index (χ0) is 16.6. The summed E-state index contributed by atoms with van der Waals surface area (Å²) in [5.41, 5.74) is 4.30. The van der Waals surface area contributed by atoms with Gasteiger partial charge in [0.1, 0.15) is 0 Å². The van der Waals surface area contributed by atoms with Crippen molar-refractivity contribution in [3.05, 3.63) is 45.1 Å². The Labute approximate surface area is 144 Å². The molecule has 3 nitrogen and oxygen atoms in total. The third-order valence-corrected chi connectivity index (χ3v) is 6.02. The molecule has 0 spiro atoms. The van der Waals surface area contributed by atoms with E-state index in [0.29, 0.717) is 6.61 Å². The van der Waals surface area contributed by atoms with E-state index in [-0.39, 0.29) is 6.61 Å². The average molecular weight is 348 g/mol. The summed E-state index contributed by atoms with van der Waals surface area (Å²) in [7, 11) is 3.78. The van der Waals surface area contributed by atoms with Gasteiger partial charge in [-0.2, -0.15) is 0 Å². The molecule has 0 unspecified atom stereocenters.